The minimum absolute atomic E-state index is 0.00716. The summed E-state index contributed by atoms with van der Waals surface area (Å²) in [7, 11) is 0. The molecule has 1 heterocycles. The molecule has 0 amide bonds. The highest BCUT2D eigenvalue weighted by Crippen LogP contribution is 2.34. The van der Waals surface area contributed by atoms with Crippen LogP contribution in [0.1, 0.15) is 5.56 Å². The van der Waals surface area contributed by atoms with Crippen molar-refractivity contribution in [3.05, 3.63) is 45.2 Å². The predicted octanol–water partition coefficient (Wildman–Crippen LogP) is 2.42. The molecule has 0 radical (unpaired) electrons. The first-order valence-corrected chi connectivity index (χ1v) is 5.80. The summed E-state index contributed by atoms with van der Waals surface area (Å²) in [5, 5.41) is 11.3. The zero-order valence-electron chi connectivity index (χ0n) is 10.3. The minimum Gasteiger partial charge on any atom is -0.431 e. The van der Waals surface area contributed by atoms with Gasteiger partial charge in [0.15, 0.2) is 0 Å². The molecule has 0 aliphatic rings. The third-order valence-electron chi connectivity index (χ3n) is 2.50. The topological polar surface area (TPSA) is 116 Å². The van der Waals surface area contributed by atoms with Gasteiger partial charge in [0.2, 0.25) is 11.6 Å². The molecular formula is C11H10ClN5O3. The van der Waals surface area contributed by atoms with Crippen LogP contribution in [0, 0.1) is 17.0 Å². The zero-order valence-corrected chi connectivity index (χ0v) is 11.1. The lowest BCUT2D eigenvalue weighted by Gasteiger charge is -2.10. The maximum Gasteiger partial charge on any atom is 0.311 e. The van der Waals surface area contributed by atoms with Crippen LogP contribution < -0.4 is 16.0 Å². The molecule has 0 aliphatic heterocycles. The van der Waals surface area contributed by atoms with E-state index in [0.717, 1.165) is 0 Å². The monoisotopic (exact) mass is 295 g/mol. The quantitative estimate of drug-likeness (QED) is 0.505. The van der Waals surface area contributed by atoms with Crippen molar-refractivity contribution in [2.75, 3.05) is 5.43 Å². The van der Waals surface area contributed by atoms with Gasteiger partial charge in [-0.2, -0.15) is 0 Å². The van der Waals surface area contributed by atoms with Crippen molar-refractivity contribution in [3.8, 4) is 11.6 Å². The summed E-state index contributed by atoms with van der Waals surface area (Å²) >= 11 is 5.82. The Morgan fingerprint density at radius 3 is 2.85 bits per heavy atom. The molecule has 0 spiro atoms. The molecule has 9 heteroatoms. The largest absolute Gasteiger partial charge is 0.431 e. The van der Waals surface area contributed by atoms with Crippen molar-refractivity contribution in [3.63, 3.8) is 0 Å². The summed E-state index contributed by atoms with van der Waals surface area (Å²) in [5.41, 5.74) is 2.68. The molecule has 3 N–H and O–H groups in total. The van der Waals surface area contributed by atoms with E-state index in [4.69, 9.17) is 22.2 Å². The van der Waals surface area contributed by atoms with Crippen molar-refractivity contribution < 1.29 is 9.66 Å². The van der Waals surface area contributed by atoms with E-state index in [1.54, 1.807) is 6.92 Å². The number of nitro benzene ring substituents is 1. The van der Waals surface area contributed by atoms with Crippen LogP contribution in [0.4, 0.5) is 11.5 Å². The van der Waals surface area contributed by atoms with E-state index in [0.29, 0.717) is 16.4 Å². The van der Waals surface area contributed by atoms with Gasteiger partial charge in [-0.05, 0) is 13.0 Å². The predicted molar refractivity (Wildman–Crippen MR) is 72.8 cm³/mol. The van der Waals surface area contributed by atoms with Gasteiger partial charge in [0.1, 0.15) is 12.1 Å². The maximum atomic E-state index is 10.9. The smallest absolute Gasteiger partial charge is 0.311 e. The number of hydrogen-bond donors (Lipinski definition) is 2. The first-order chi connectivity index (χ1) is 9.52. The number of nitrogen functional groups attached to an aromatic ring is 1. The number of rotatable bonds is 4. The summed E-state index contributed by atoms with van der Waals surface area (Å²) in [6.45, 7) is 1.67. The molecule has 2 aromatic rings. The van der Waals surface area contributed by atoms with Crippen LogP contribution >= 0.6 is 11.6 Å². The molecule has 2 rings (SSSR count). The number of nitrogens with zero attached hydrogens (tertiary/aromatic N) is 3. The molecule has 0 saturated heterocycles. The Kier molecular flexibility index (Phi) is 3.97. The van der Waals surface area contributed by atoms with Gasteiger partial charge in [0.05, 0.1) is 10.5 Å². The standard InChI is InChI=1S/C11H10ClN5O3/c1-6-10(16-13)14-5-15-11(6)20-9-4-7(12)2-3-8(9)17(18)19/h2-5H,13H2,1H3,(H,14,15,16). The van der Waals surface area contributed by atoms with Crippen LogP contribution in [0.3, 0.4) is 0 Å². The summed E-state index contributed by atoms with van der Waals surface area (Å²) in [5.74, 6) is 5.79. The second kappa shape index (κ2) is 5.68. The van der Waals surface area contributed by atoms with Crippen LogP contribution in [0.25, 0.3) is 0 Å². The van der Waals surface area contributed by atoms with Crippen molar-refractivity contribution in [2.45, 2.75) is 6.92 Å². The van der Waals surface area contributed by atoms with Gasteiger partial charge in [0.25, 0.3) is 0 Å². The fraction of sp³-hybridized carbons (Fsp3) is 0.0909. The molecule has 1 aromatic carbocycles. The Morgan fingerprint density at radius 1 is 1.45 bits per heavy atom. The molecule has 0 atom stereocenters. The average Bonchev–Trinajstić information content (AvgIpc) is 2.41. The SMILES string of the molecule is Cc1c(NN)ncnc1Oc1cc(Cl)ccc1[N+](=O)[O-]. The van der Waals surface area contributed by atoms with Gasteiger partial charge >= 0.3 is 5.69 Å². The highest BCUT2D eigenvalue weighted by atomic mass is 35.5. The molecular weight excluding hydrogens is 286 g/mol. The molecule has 0 bridgehead atoms. The molecule has 0 saturated carbocycles. The first kappa shape index (κ1) is 14.0. The molecule has 20 heavy (non-hydrogen) atoms. The molecule has 0 fully saturated rings. The lowest BCUT2D eigenvalue weighted by Crippen LogP contribution is -2.11. The second-order valence-electron chi connectivity index (χ2n) is 3.77. The van der Waals surface area contributed by atoms with E-state index < -0.39 is 4.92 Å². The van der Waals surface area contributed by atoms with Crippen molar-refractivity contribution >= 4 is 23.1 Å². The lowest BCUT2D eigenvalue weighted by atomic mass is 10.3. The van der Waals surface area contributed by atoms with Crippen molar-refractivity contribution in [2.24, 2.45) is 5.84 Å². The average molecular weight is 296 g/mol. The number of hydrogen-bond acceptors (Lipinski definition) is 7. The van der Waals surface area contributed by atoms with E-state index >= 15 is 0 Å². The number of hydrazine groups is 1. The number of nitro groups is 1. The van der Waals surface area contributed by atoms with Gasteiger partial charge < -0.3 is 10.2 Å². The van der Waals surface area contributed by atoms with Crippen LogP contribution in [-0.2, 0) is 0 Å². The van der Waals surface area contributed by atoms with Gasteiger partial charge in [-0.3, -0.25) is 10.1 Å². The minimum atomic E-state index is -0.565. The Balaban J connectivity index is 2.44. The number of nitrogens with two attached hydrogens (primary N) is 1. The van der Waals surface area contributed by atoms with Gasteiger partial charge in [0, 0.05) is 17.2 Å². The summed E-state index contributed by atoms with van der Waals surface area (Å²) < 4.78 is 5.45. The van der Waals surface area contributed by atoms with Gasteiger partial charge in [-0.1, -0.05) is 11.6 Å². The third-order valence-corrected chi connectivity index (χ3v) is 2.73. The molecule has 0 unspecified atom stereocenters. The first-order valence-electron chi connectivity index (χ1n) is 5.43. The van der Waals surface area contributed by atoms with E-state index in [1.165, 1.54) is 24.5 Å². The Morgan fingerprint density at radius 2 is 2.20 bits per heavy atom. The number of nitrogens with one attached hydrogen (secondary N) is 1. The number of ether oxygens (including phenoxy) is 1. The summed E-state index contributed by atoms with van der Waals surface area (Å²) in [6, 6.07) is 4.01. The number of halogens is 1. The third kappa shape index (κ3) is 2.76. The second-order valence-corrected chi connectivity index (χ2v) is 4.20. The normalized spacial score (nSPS) is 10.2. The highest BCUT2D eigenvalue weighted by Gasteiger charge is 2.18. The van der Waals surface area contributed by atoms with Crippen LogP contribution in [0.5, 0.6) is 11.6 Å². The molecule has 8 nitrogen and oxygen atoms in total. The zero-order chi connectivity index (χ0) is 14.7. The molecule has 1 aromatic heterocycles. The van der Waals surface area contributed by atoms with Gasteiger partial charge in [-0.25, -0.2) is 15.8 Å². The van der Waals surface area contributed by atoms with Crippen molar-refractivity contribution in [1.29, 1.82) is 0 Å². The van der Waals surface area contributed by atoms with Crippen LogP contribution in [-0.4, -0.2) is 14.9 Å². The molecule has 104 valence electrons. The summed E-state index contributed by atoms with van der Waals surface area (Å²) in [6.07, 6.45) is 1.23. The van der Waals surface area contributed by atoms with E-state index in [1.807, 2.05) is 0 Å². The lowest BCUT2D eigenvalue weighted by molar-refractivity contribution is -0.385. The number of benzene rings is 1. The highest BCUT2D eigenvalue weighted by molar-refractivity contribution is 6.30. The van der Waals surface area contributed by atoms with E-state index in [9.17, 15) is 10.1 Å². The number of aromatic nitrogens is 2. The van der Waals surface area contributed by atoms with E-state index in [2.05, 4.69) is 15.4 Å². The maximum absolute atomic E-state index is 10.9. The van der Waals surface area contributed by atoms with E-state index in [-0.39, 0.29) is 17.3 Å². The summed E-state index contributed by atoms with van der Waals surface area (Å²) in [4.78, 5) is 18.2. The fourth-order valence-corrected chi connectivity index (χ4v) is 1.67. The molecule has 0 aliphatic carbocycles. The number of anilines is 1. The Labute approximate surface area is 118 Å². The fourth-order valence-electron chi connectivity index (χ4n) is 1.51. The van der Waals surface area contributed by atoms with Gasteiger partial charge in [-0.15, -0.1) is 0 Å². The van der Waals surface area contributed by atoms with Crippen molar-refractivity contribution in [1.82, 2.24) is 9.97 Å². The Hall–Kier alpha value is -2.45. The van der Waals surface area contributed by atoms with Crippen LogP contribution in [0.15, 0.2) is 24.5 Å². The van der Waals surface area contributed by atoms with Crippen LogP contribution in [0.2, 0.25) is 5.02 Å². The Bertz CT molecular complexity index is 665.